The summed E-state index contributed by atoms with van der Waals surface area (Å²) in [5.74, 6) is 0. The number of quaternary nitrogens is 1. The Hall–Kier alpha value is -0.0400. The Morgan fingerprint density at radius 3 is 2.78 bits per heavy atom. The predicted octanol–water partition coefficient (Wildman–Crippen LogP) is 1.39. The molecule has 0 saturated carbocycles. The highest BCUT2D eigenvalue weighted by Gasteiger charge is 2.62. The van der Waals surface area contributed by atoms with Crippen LogP contribution in [0, 0.1) is 0 Å². The lowest BCUT2D eigenvalue weighted by Crippen LogP contribution is -2.40. The predicted molar refractivity (Wildman–Crippen MR) is 38.2 cm³/mol. The van der Waals surface area contributed by atoms with Crippen LogP contribution >= 0.6 is 0 Å². The number of fused-ring (bicyclic) bond motifs is 1. The number of hydrogen-bond donors (Lipinski definition) is 0. The molecule has 9 heavy (non-hydrogen) atoms. The van der Waals surface area contributed by atoms with Gasteiger partial charge in [0.25, 0.3) is 0 Å². The van der Waals surface area contributed by atoms with Crippen molar-refractivity contribution in [2.45, 2.75) is 32.2 Å². The molecular weight excluding hydrogens is 110 g/mol. The van der Waals surface area contributed by atoms with Crippen molar-refractivity contribution in [2.75, 3.05) is 19.6 Å². The van der Waals surface area contributed by atoms with Crippen LogP contribution in [-0.4, -0.2) is 30.2 Å². The molecule has 0 bridgehead atoms. The van der Waals surface area contributed by atoms with Crippen LogP contribution in [0.25, 0.3) is 0 Å². The third-order valence-corrected chi connectivity index (χ3v) is 3.08. The summed E-state index contributed by atoms with van der Waals surface area (Å²) < 4.78 is 1.52. The second-order valence-electron chi connectivity index (χ2n) is 3.64. The molecule has 2 saturated heterocycles. The lowest BCUT2D eigenvalue weighted by molar-refractivity contribution is -0.847. The highest BCUT2D eigenvalue weighted by Crippen LogP contribution is 2.43. The largest absolute Gasteiger partial charge is 0.311 e. The summed E-state index contributed by atoms with van der Waals surface area (Å²) in [5.41, 5.74) is 0. The Morgan fingerprint density at radius 1 is 1.56 bits per heavy atom. The quantitative estimate of drug-likeness (QED) is 0.396. The zero-order valence-electron chi connectivity index (χ0n) is 6.27. The van der Waals surface area contributed by atoms with Gasteiger partial charge >= 0.3 is 0 Å². The molecule has 0 aromatic heterocycles. The highest BCUT2D eigenvalue weighted by molar-refractivity contribution is 4.83. The Morgan fingerprint density at radius 2 is 2.44 bits per heavy atom. The Balaban J connectivity index is 1.75. The van der Waals surface area contributed by atoms with E-state index < -0.39 is 0 Å². The van der Waals surface area contributed by atoms with Gasteiger partial charge in [-0.05, 0) is 6.42 Å². The first-order chi connectivity index (χ1) is 4.37. The van der Waals surface area contributed by atoms with Crippen molar-refractivity contribution < 1.29 is 4.48 Å². The summed E-state index contributed by atoms with van der Waals surface area (Å²) in [6.45, 7) is 6.81. The standard InChI is InChI=1S/C8H16N/c1-2-3-5-9-6-4-8(9)7-9/h8H,2-7H2,1H3/q+1. The summed E-state index contributed by atoms with van der Waals surface area (Å²) in [6, 6.07) is 1.14. The molecule has 1 nitrogen and oxygen atoms in total. The molecule has 0 N–H and O–H groups in total. The average molecular weight is 126 g/mol. The second-order valence-corrected chi connectivity index (χ2v) is 3.64. The van der Waals surface area contributed by atoms with E-state index in [0.29, 0.717) is 0 Å². The van der Waals surface area contributed by atoms with Crippen LogP contribution in [0.4, 0.5) is 0 Å². The molecule has 2 aliphatic heterocycles. The minimum Gasteiger partial charge on any atom is -0.311 e. The van der Waals surface area contributed by atoms with Gasteiger partial charge in [0.2, 0.25) is 0 Å². The first kappa shape index (κ1) is 5.72. The van der Waals surface area contributed by atoms with Crippen LogP contribution in [-0.2, 0) is 0 Å². The number of rotatable bonds is 3. The van der Waals surface area contributed by atoms with Crippen molar-refractivity contribution in [1.29, 1.82) is 0 Å². The molecule has 0 aromatic carbocycles. The SMILES string of the molecule is CCCC[N+]12CCC1C2. The van der Waals surface area contributed by atoms with Gasteiger partial charge in [0.15, 0.2) is 0 Å². The molecule has 0 spiro atoms. The van der Waals surface area contributed by atoms with Crippen LogP contribution < -0.4 is 0 Å². The van der Waals surface area contributed by atoms with E-state index in [1.54, 1.807) is 0 Å². The molecule has 2 fully saturated rings. The van der Waals surface area contributed by atoms with E-state index in [2.05, 4.69) is 6.92 Å². The first-order valence-corrected chi connectivity index (χ1v) is 4.23. The molecule has 52 valence electrons. The monoisotopic (exact) mass is 126 g/mol. The molecule has 2 heterocycles. The van der Waals surface area contributed by atoms with Crippen LogP contribution in [0.5, 0.6) is 0 Å². The van der Waals surface area contributed by atoms with Crippen LogP contribution in [0.3, 0.4) is 0 Å². The van der Waals surface area contributed by atoms with Gasteiger partial charge in [-0.15, -0.1) is 0 Å². The van der Waals surface area contributed by atoms with Crippen molar-refractivity contribution in [1.82, 2.24) is 0 Å². The second kappa shape index (κ2) is 1.72. The average Bonchev–Trinajstić information content (AvgIpc) is 2.34. The third kappa shape index (κ3) is 0.710. The fourth-order valence-electron chi connectivity index (χ4n) is 2.09. The number of nitrogens with zero attached hydrogens (tertiary/aromatic N) is 1. The lowest BCUT2D eigenvalue weighted by Gasteiger charge is -2.26. The molecular formula is C8H16N+. The Bertz CT molecular complexity index is 118. The number of hydrogen-bond acceptors (Lipinski definition) is 0. The van der Waals surface area contributed by atoms with E-state index in [9.17, 15) is 0 Å². The van der Waals surface area contributed by atoms with Gasteiger partial charge in [0.05, 0.1) is 19.5 Å². The Kier molecular flexibility index (Phi) is 1.10. The van der Waals surface area contributed by atoms with Crippen LogP contribution in [0.2, 0.25) is 0 Å². The Labute approximate surface area is 57.3 Å². The van der Waals surface area contributed by atoms with Gasteiger partial charge in [-0.3, -0.25) is 0 Å². The van der Waals surface area contributed by atoms with Gasteiger partial charge in [0, 0.05) is 0 Å². The highest BCUT2D eigenvalue weighted by atomic mass is 15.5. The van der Waals surface area contributed by atoms with Crippen LogP contribution in [0.15, 0.2) is 0 Å². The van der Waals surface area contributed by atoms with Crippen molar-refractivity contribution in [3.8, 4) is 0 Å². The van der Waals surface area contributed by atoms with Gasteiger partial charge < -0.3 is 4.48 Å². The zero-order chi connectivity index (χ0) is 6.32. The lowest BCUT2D eigenvalue weighted by atomic mass is 10.2. The molecule has 2 rings (SSSR count). The first-order valence-electron chi connectivity index (χ1n) is 4.23. The number of unbranched alkanes of at least 4 members (excludes halogenated alkanes) is 1. The third-order valence-electron chi connectivity index (χ3n) is 3.08. The molecule has 1 heteroatoms. The molecule has 0 amide bonds. The summed E-state index contributed by atoms with van der Waals surface area (Å²) >= 11 is 0. The van der Waals surface area contributed by atoms with Gasteiger partial charge in [-0.2, -0.15) is 0 Å². The van der Waals surface area contributed by atoms with Crippen molar-refractivity contribution >= 4 is 0 Å². The maximum absolute atomic E-state index is 2.29. The van der Waals surface area contributed by atoms with E-state index >= 15 is 0 Å². The van der Waals surface area contributed by atoms with Crippen molar-refractivity contribution in [2.24, 2.45) is 0 Å². The summed E-state index contributed by atoms with van der Waals surface area (Å²) in [6.07, 6.45) is 4.37. The molecule has 2 unspecified atom stereocenters. The van der Waals surface area contributed by atoms with Crippen molar-refractivity contribution in [3.05, 3.63) is 0 Å². The minimum absolute atomic E-state index is 1.14. The molecule has 0 aromatic rings. The van der Waals surface area contributed by atoms with E-state index in [4.69, 9.17) is 0 Å². The van der Waals surface area contributed by atoms with E-state index in [0.717, 1.165) is 6.04 Å². The molecule has 2 aliphatic rings. The molecule has 0 aliphatic carbocycles. The fraction of sp³-hybridized carbons (Fsp3) is 1.00. The van der Waals surface area contributed by atoms with Gasteiger partial charge in [-0.25, -0.2) is 0 Å². The van der Waals surface area contributed by atoms with Crippen molar-refractivity contribution in [3.63, 3.8) is 0 Å². The molecule has 2 atom stereocenters. The summed E-state index contributed by atoms with van der Waals surface area (Å²) in [4.78, 5) is 0. The van der Waals surface area contributed by atoms with Crippen LogP contribution in [0.1, 0.15) is 26.2 Å². The maximum Gasteiger partial charge on any atom is 0.144 e. The van der Waals surface area contributed by atoms with Gasteiger partial charge in [-0.1, -0.05) is 13.3 Å². The van der Waals surface area contributed by atoms with E-state index in [1.165, 1.54) is 43.4 Å². The van der Waals surface area contributed by atoms with E-state index in [1.807, 2.05) is 0 Å². The molecule has 0 radical (unpaired) electrons. The van der Waals surface area contributed by atoms with Gasteiger partial charge in [0.1, 0.15) is 12.6 Å². The maximum atomic E-state index is 2.29. The fourth-order valence-corrected chi connectivity index (χ4v) is 2.09. The smallest absolute Gasteiger partial charge is 0.144 e. The minimum atomic E-state index is 1.14. The topological polar surface area (TPSA) is 0 Å². The zero-order valence-corrected chi connectivity index (χ0v) is 6.27. The van der Waals surface area contributed by atoms with E-state index in [-0.39, 0.29) is 0 Å². The summed E-state index contributed by atoms with van der Waals surface area (Å²) in [5, 5.41) is 0. The summed E-state index contributed by atoms with van der Waals surface area (Å²) in [7, 11) is 0. The normalized spacial score (nSPS) is 45.7.